The van der Waals surface area contributed by atoms with Crippen LogP contribution in [0.25, 0.3) is 0 Å². The Morgan fingerprint density at radius 2 is 1.65 bits per heavy atom. The molecular weight excluding hydrogens is 460 g/mol. The number of halogens is 6. The van der Waals surface area contributed by atoms with E-state index in [1.165, 1.54) is 12.1 Å². The third-order valence-electron chi connectivity index (χ3n) is 6.95. The minimum Gasteiger partial charge on any atom is -0.481 e. The highest BCUT2D eigenvalue weighted by atomic mass is 19.4. The van der Waals surface area contributed by atoms with Crippen molar-refractivity contribution in [3.8, 4) is 0 Å². The van der Waals surface area contributed by atoms with Crippen molar-refractivity contribution in [2.75, 3.05) is 6.54 Å². The fourth-order valence-corrected chi connectivity index (χ4v) is 4.87. The SMILES string of the molecule is CC(C)CC[C@@H](CCCC(F)(F)F)N1CC[C@H](C(C)C(=O)O)C[C@@H]1c1ccc(C(F)(F)F)cc1. The number of hydrogen-bond acceptors (Lipinski definition) is 2. The molecule has 0 aliphatic carbocycles. The standard InChI is InChI=1S/C25H35F6NO2/c1-16(2)6-11-21(5-4-13-24(26,27)28)32-14-12-19(17(3)23(33)34)15-22(32)18-7-9-20(10-8-18)25(29,30)31/h7-10,16-17,19,21-22H,4-6,11-15H2,1-3H3,(H,33,34)/t17?,19-,21+,22+/m0/s1. The van der Waals surface area contributed by atoms with Crippen LogP contribution in [0.2, 0.25) is 0 Å². The van der Waals surface area contributed by atoms with Crippen molar-refractivity contribution in [1.82, 2.24) is 4.90 Å². The second kappa shape index (κ2) is 11.8. The first-order valence-electron chi connectivity index (χ1n) is 11.9. The van der Waals surface area contributed by atoms with Gasteiger partial charge in [0.1, 0.15) is 0 Å². The van der Waals surface area contributed by atoms with Gasteiger partial charge in [-0.3, -0.25) is 9.69 Å². The minimum atomic E-state index is -4.47. The van der Waals surface area contributed by atoms with Crippen LogP contribution < -0.4 is 0 Å². The van der Waals surface area contributed by atoms with E-state index in [9.17, 15) is 36.2 Å². The van der Waals surface area contributed by atoms with Crippen LogP contribution >= 0.6 is 0 Å². The van der Waals surface area contributed by atoms with Crippen LogP contribution in [0, 0.1) is 17.8 Å². The fraction of sp³-hybridized carbons (Fsp3) is 0.720. The van der Waals surface area contributed by atoms with Gasteiger partial charge in [0.05, 0.1) is 11.5 Å². The summed E-state index contributed by atoms with van der Waals surface area (Å²) in [6, 6.07) is 4.38. The van der Waals surface area contributed by atoms with Crippen LogP contribution in [0.5, 0.6) is 0 Å². The second-order valence-corrected chi connectivity index (χ2v) is 9.92. The van der Waals surface area contributed by atoms with Crippen molar-refractivity contribution in [1.29, 1.82) is 0 Å². The normalized spacial score (nSPS) is 22.1. The number of rotatable bonds is 10. The Kier molecular flexibility index (Phi) is 9.86. The number of aliphatic carboxylic acids is 1. The molecule has 0 bridgehead atoms. The zero-order valence-electron chi connectivity index (χ0n) is 19.9. The van der Waals surface area contributed by atoms with Crippen LogP contribution in [-0.4, -0.2) is 34.7 Å². The molecule has 0 radical (unpaired) electrons. The molecule has 3 nitrogen and oxygen atoms in total. The highest BCUT2D eigenvalue weighted by molar-refractivity contribution is 5.69. The number of carbonyl (C=O) groups is 1. The molecular formula is C25H35F6NO2. The summed E-state index contributed by atoms with van der Waals surface area (Å²) in [6.45, 7) is 6.22. The van der Waals surface area contributed by atoms with Gasteiger partial charge < -0.3 is 5.11 Å². The van der Waals surface area contributed by atoms with Gasteiger partial charge in [0.15, 0.2) is 0 Å². The van der Waals surface area contributed by atoms with E-state index in [0.717, 1.165) is 18.6 Å². The Morgan fingerprint density at radius 3 is 2.15 bits per heavy atom. The summed E-state index contributed by atoms with van der Waals surface area (Å²) in [5.41, 5.74) is -0.128. The van der Waals surface area contributed by atoms with E-state index in [1.807, 2.05) is 13.8 Å². The average molecular weight is 496 g/mol. The minimum absolute atomic E-state index is 0.0164. The Balaban J connectivity index is 2.33. The van der Waals surface area contributed by atoms with Crippen LogP contribution in [0.1, 0.15) is 82.9 Å². The molecule has 1 saturated heterocycles. The molecule has 1 aliphatic rings. The topological polar surface area (TPSA) is 40.5 Å². The Morgan fingerprint density at radius 1 is 1.03 bits per heavy atom. The highest BCUT2D eigenvalue weighted by Gasteiger charge is 2.38. The molecule has 1 aromatic carbocycles. The zero-order chi connectivity index (χ0) is 25.7. The molecule has 2 rings (SSSR count). The molecule has 1 fully saturated rings. The van der Waals surface area contributed by atoms with Gasteiger partial charge in [-0.25, -0.2) is 0 Å². The predicted octanol–water partition coefficient (Wildman–Crippen LogP) is 7.72. The molecule has 4 atom stereocenters. The first-order valence-corrected chi connectivity index (χ1v) is 11.9. The Bertz CT molecular complexity index is 775. The fourth-order valence-electron chi connectivity index (χ4n) is 4.87. The first-order chi connectivity index (χ1) is 15.7. The van der Waals surface area contributed by atoms with E-state index in [0.29, 0.717) is 43.7 Å². The molecule has 0 spiro atoms. The van der Waals surface area contributed by atoms with Crippen molar-refractivity contribution in [2.45, 2.75) is 90.2 Å². The van der Waals surface area contributed by atoms with Gasteiger partial charge in [-0.15, -0.1) is 0 Å². The summed E-state index contributed by atoms with van der Waals surface area (Å²) in [4.78, 5) is 13.7. The van der Waals surface area contributed by atoms with Crippen LogP contribution in [0.3, 0.4) is 0 Å². The number of piperidine rings is 1. The van der Waals surface area contributed by atoms with Crippen molar-refractivity contribution in [2.24, 2.45) is 17.8 Å². The van der Waals surface area contributed by atoms with Crippen LogP contribution in [-0.2, 0) is 11.0 Å². The third kappa shape index (κ3) is 8.47. The maximum Gasteiger partial charge on any atom is 0.416 e. The number of nitrogens with zero attached hydrogens (tertiary/aromatic N) is 1. The van der Waals surface area contributed by atoms with Crippen molar-refractivity contribution in [3.05, 3.63) is 35.4 Å². The molecule has 0 saturated carbocycles. The number of carboxylic acid groups (broad SMARTS) is 1. The van der Waals surface area contributed by atoms with E-state index in [1.54, 1.807) is 6.92 Å². The maximum absolute atomic E-state index is 13.1. The summed E-state index contributed by atoms with van der Waals surface area (Å²) < 4.78 is 77.6. The van der Waals surface area contributed by atoms with Gasteiger partial charge in [0.2, 0.25) is 0 Å². The second-order valence-electron chi connectivity index (χ2n) is 9.92. The lowest BCUT2D eigenvalue weighted by molar-refractivity contribution is -0.144. The Hall–Kier alpha value is -1.77. The number of likely N-dealkylation sites (tertiary alicyclic amines) is 1. The lowest BCUT2D eigenvalue weighted by Gasteiger charge is -2.45. The summed E-state index contributed by atoms with van der Waals surface area (Å²) in [6.07, 6.45) is -6.73. The molecule has 1 heterocycles. The molecule has 1 unspecified atom stereocenters. The quantitative estimate of drug-likeness (QED) is 0.338. The van der Waals surface area contributed by atoms with E-state index in [2.05, 4.69) is 4.90 Å². The lowest BCUT2D eigenvalue weighted by atomic mass is 9.78. The van der Waals surface area contributed by atoms with Crippen LogP contribution in [0.15, 0.2) is 24.3 Å². The molecule has 34 heavy (non-hydrogen) atoms. The summed E-state index contributed by atoms with van der Waals surface area (Å²) in [5.74, 6) is -1.34. The van der Waals surface area contributed by atoms with E-state index in [4.69, 9.17) is 0 Å². The van der Waals surface area contributed by atoms with Gasteiger partial charge in [-0.2, -0.15) is 26.3 Å². The zero-order valence-corrected chi connectivity index (χ0v) is 19.9. The first kappa shape index (κ1) is 28.5. The van der Waals surface area contributed by atoms with Crippen molar-refractivity contribution in [3.63, 3.8) is 0 Å². The van der Waals surface area contributed by atoms with Gasteiger partial charge in [-0.1, -0.05) is 32.9 Å². The van der Waals surface area contributed by atoms with Gasteiger partial charge in [-0.05, 0) is 74.6 Å². The van der Waals surface area contributed by atoms with E-state index >= 15 is 0 Å². The van der Waals surface area contributed by atoms with Crippen LogP contribution in [0.4, 0.5) is 26.3 Å². The predicted molar refractivity (Wildman–Crippen MR) is 118 cm³/mol. The van der Waals surface area contributed by atoms with Crippen molar-refractivity contribution >= 4 is 5.97 Å². The monoisotopic (exact) mass is 495 g/mol. The molecule has 9 heteroatoms. The van der Waals surface area contributed by atoms with Crippen molar-refractivity contribution < 1.29 is 36.2 Å². The number of hydrogen-bond donors (Lipinski definition) is 1. The third-order valence-corrected chi connectivity index (χ3v) is 6.95. The summed E-state index contributed by atoms with van der Waals surface area (Å²) >= 11 is 0. The molecule has 1 aromatic rings. The lowest BCUT2D eigenvalue weighted by Crippen LogP contribution is -2.45. The molecule has 1 aliphatic heterocycles. The molecule has 194 valence electrons. The largest absolute Gasteiger partial charge is 0.481 e. The summed E-state index contributed by atoms with van der Waals surface area (Å²) in [7, 11) is 0. The number of carboxylic acids is 1. The molecule has 0 aromatic heterocycles. The Labute approximate surface area is 197 Å². The van der Waals surface area contributed by atoms with Gasteiger partial charge >= 0.3 is 18.3 Å². The average Bonchev–Trinajstić information content (AvgIpc) is 2.73. The van der Waals surface area contributed by atoms with Gasteiger partial charge in [0, 0.05) is 18.5 Å². The smallest absolute Gasteiger partial charge is 0.416 e. The van der Waals surface area contributed by atoms with E-state index in [-0.39, 0.29) is 24.4 Å². The number of alkyl halides is 6. The highest BCUT2D eigenvalue weighted by Crippen LogP contribution is 2.41. The maximum atomic E-state index is 13.1. The van der Waals surface area contributed by atoms with Gasteiger partial charge in [0.25, 0.3) is 0 Å². The molecule has 0 amide bonds. The van der Waals surface area contributed by atoms with E-state index < -0.39 is 36.2 Å². The molecule has 1 N–H and O–H groups in total. The summed E-state index contributed by atoms with van der Waals surface area (Å²) in [5, 5.41) is 9.48. The number of benzene rings is 1.